The number of hydrogen-bond donors (Lipinski definition) is 1. The lowest BCUT2D eigenvalue weighted by atomic mass is 9.99. The molecule has 3 aromatic heterocycles. The molecule has 0 spiro atoms. The highest BCUT2D eigenvalue weighted by Crippen LogP contribution is 2.33. The molecular weight excluding hydrogens is 412 g/mol. The monoisotopic (exact) mass is 438 g/mol. The van der Waals surface area contributed by atoms with Crippen LogP contribution in [0.5, 0.6) is 0 Å². The van der Waals surface area contributed by atoms with Gasteiger partial charge in [0.1, 0.15) is 5.82 Å². The molecule has 0 saturated heterocycles. The quantitative estimate of drug-likeness (QED) is 0.613. The molecule has 0 unspecified atom stereocenters. The van der Waals surface area contributed by atoms with E-state index in [2.05, 4.69) is 34.1 Å². The molecule has 1 N–H and O–H groups in total. The molecule has 5 heterocycles. The molecule has 0 aliphatic carbocycles. The molecule has 11 nitrogen and oxygen atoms in total. The van der Waals surface area contributed by atoms with Crippen molar-refractivity contribution in [3.8, 4) is 11.4 Å². The maximum atomic E-state index is 13.5. The van der Waals surface area contributed by atoms with E-state index in [0.717, 1.165) is 43.0 Å². The summed E-state index contributed by atoms with van der Waals surface area (Å²) >= 11 is 0. The summed E-state index contributed by atoms with van der Waals surface area (Å²) in [7, 11) is 0. The van der Waals surface area contributed by atoms with Crippen LogP contribution in [-0.2, 0) is 24.3 Å². The van der Waals surface area contributed by atoms with Gasteiger partial charge >= 0.3 is 0 Å². The summed E-state index contributed by atoms with van der Waals surface area (Å²) in [6.45, 7) is 5.97. The third kappa shape index (κ3) is 3.97. The van der Waals surface area contributed by atoms with Gasteiger partial charge in [-0.2, -0.15) is 5.10 Å². The molecule has 5 rings (SSSR count). The second-order valence-corrected chi connectivity index (χ2v) is 8.10. The first-order valence-electron chi connectivity index (χ1n) is 10.7. The van der Waals surface area contributed by atoms with E-state index >= 15 is 0 Å². The number of carbonyl (C=O) groups is 2. The number of nitrogens with zero attached hydrogens (tertiary/aromatic N) is 8. The Balaban J connectivity index is 0.000000775. The fourth-order valence-corrected chi connectivity index (χ4v) is 4.32. The predicted molar refractivity (Wildman–Crippen MR) is 114 cm³/mol. The Bertz CT molecular complexity index is 1090. The first kappa shape index (κ1) is 21.6. The Hall–Kier alpha value is -3.63. The summed E-state index contributed by atoms with van der Waals surface area (Å²) in [6.07, 6.45) is 6.54. The number of rotatable bonds is 3. The molecule has 0 bridgehead atoms. The van der Waals surface area contributed by atoms with Crippen LogP contribution in [-0.4, -0.2) is 63.4 Å². The molecule has 1 atom stereocenters. The van der Waals surface area contributed by atoms with Crippen molar-refractivity contribution in [2.24, 2.45) is 5.92 Å². The lowest BCUT2D eigenvalue weighted by molar-refractivity contribution is -0.122. The van der Waals surface area contributed by atoms with Gasteiger partial charge in [-0.05, 0) is 30.9 Å². The second kappa shape index (κ2) is 9.25. The van der Waals surface area contributed by atoms with E-state index in [1.807, 2.05) is 26.3 Å². The molecule has 11 heteroatoms. The van der Waals surface area contributed by atoms with Crippen LogP contribution in [0.4, 0.5) is 0 Å². The molecule has 0 radical (unpaired) electrons. The summed E-state index contributed by atoms with van der Waals surface area (Å²) in [6, 6.07) is 3.66. The molecule has 0 aromatic carbocycles. The van der Waals surface area contributed by atoms with Gasteiger partial charge in [0, 0.05) is 37.5 Å². The predicted octanol–water partition coefficient (Wildman–Crippen LogP) is 1.82. The maximum absolute atomic E-state index is 13.5. The van der Waals surface area contributed by atoms with E-state index in [1.54, 1.807) is 12.4 Å². The van der Waals surface area contributed by atoms with Gasteiger partial charge in [-0.3, -0.25) is 14.6 Å². The third-order valence-electron chi connectivity index (χ3n) is 5.72. The van der Waals surface area contributed by atoms with Gasteiger partial charge in [-0.25, -0.2) is 9.67 Å². The van der Waals surface area contributed by atoms with Crippen LogP contribution >= 0.6 is 0 Å². The van der Waals surface area contributed by atoms with Crippen molar-refractivity contribution in [2.75, 3.05) is 6.54 Å². The summed E-state index contributed by atoms with van der Waals surface area (Å²) in [5, 5.41) is 20.1. The van der Waals surface area contributed by atoms with Crippen molar-refractivity contribution >= 4 is 12.4 Å². The van der Waals surface area contributed by atoms with Gasteiger partial charge in [0.05, 0.1) is 12.6 Å². The minimum absolute atomic E-state index is 0.0680. The minimum atomic E-state index is -0.250. The molecule has 0 saturated carbocycles. The highest BCUT2D eigenvalue weighted by molar-refractivity contribution is 5.91. The van der Waals surface area contributed by atoms with Gasteiger partial charge in [0.15, 0.2) is 11.6 Å². The Morgan fingerprint density at radius 3 is 2.75 bits per heavy atom. The van der Waals surface area contributed by atoms with Crippen molar-refractivity contribution < 1.29 is 14.7 Å². The Kier molecular flexibility index (Phi) is 6.24. The number of amides is 1. The third-order valence-corrected chi connectivity index (χ3v) is 5.72. The van der Waals surface area contributed by atoms with Crippen molar-refractivity contribution in [1.82, 2.24) is 39.4 Å². The van der Waals surface area contributed by atoms with E-state index in [9.17, 15) is 4.79 Å². The van der Waals surface area contributed by atoms with E-state index < -0.39 is 0 Å². The van der Waals surface area contributed by atoms with Gasteiger partial charge in [-0.15, -0.1) is 10.2 Å². The highest BCUT2D eigenvalue weighted by atomic mass is 16.3. The first-order valence-corrected chi connectivity index (χ1v) is 10.7. The normalized spacial score (nSPS) is 17.2. The zero-order valence-electron chi connectivity index (χ0n) is 18.1. The van der Waals surface area contributed by atoms with Gasteiger partial charge < -0.3 is 14.6 Å². The number of hydrogen-bond acceptors (Lipinski definition) is 7. The van der Waals surface area contributed by atoms with Crippen LogP contribution < -0.4 is 0 Å². The Labute approximate surface area is 185 Å². The number of carbonyl (C=O) groups excluding carboxylic acids is 1. The summed E-state index contributed by atoms with van der Waals surface area (Å²) in [4.78, 5) is 32.7. The average Bonchev–Trinajstić information content (AvgIpc) is 3.43. The van der Waals surface area contributed by atoms with Gasteiger partial charge in [-0.1, -0.05) is 13.8 Å². The van der Waals surface area contributed by atoms with Crippen LogP contribution in [0.25, 0.3) is 11.4 Å². The molecule has 168 valence electrons. The fraction of sp³-hybridized carbons (Fsp3) is 0.476. The molecule has 0 fully saturated rings. The van der Waals surface area contributed by atoms with Crippen molar-refractivity contribution in [3.05, 3.63) is 42.0 Å². The van der Waals surface area contributed by atoms with E-state index in [1.165, 1.54) is 0 Å². The standard InChI is InChI=1S/C20H24N8O.CH2O2/c1-13(2)16-18-22-17(14-6-5-8-21-12-14)25-28(18)11-10-27(16)20(29)19-24-23-15-7-3-4-9-26(15)19;2-1-3/h5-6,8,12-13,16H,3-4,7,9-11H2,1-2H3;1H,(H,2,3)/t16-;/m1./s1. The number of carboxylic acid groups (broad SMARTS) is 1. The van der Waals surface area contributed by atoms with E-state index in [-0.39, 0.29) is 24.3 Å². The van der Waals surface area contributed by atoms with Gasteiger partial charge in [0.25, 0.3) is 12.4 Å². The lowest BCUT2D eigenvalue weighted by Gasteiger charge is -2.37. The number of aromatic nitrogens is 7. The highest BCUT2D eigenvalue weighted by Gasteiger charge is 2.38. The Morgan fingerprint density at radius 2 is 2.03 bits per heavy atom. The van der Waals surface area contributed by atoms with Crippen LogP contribution in [0.1, 0.15) is 55.0 Å². The molecular formula is C21H26N8O3. The van der Waals surface area contributed by atoms with Crippen molar-refractivity contribution in [1.29, 1.82) is 0 Å². The summed E-state index contributed by atoms with van der Waals surface area (Å²) < 4.78 is 3.92. The minimum Gasteiger partial charge on any atom is -0.483 e. The van der Waals surface area contributed by atoms with Crippen molar-refractivity contribution in [3.63, 3.8) is 0 Å². The smallest absolute Gasteiger partial charge is 0.292 e. The molecule has 3 aromatic rings. The average molecular weight is 438 g/mol. The van der Waals surface area contributed by atoms with E-state index in [4.69, 9.17) is 14.9 Å². The lowest BCUT2D eigenvalue weighted by Crippen LogP contribution is -2.45. The fourth-order valence-electron chi connectivity index (χ4n) is 4.32. The first-order chi connectivity index (χ1) is 15.5. The maximum Gasteiger partial charge on any atom is 0.292 e. The van der Waals surface area contributed by atoms with E-state index in [0.29, 0.717) is 24.7 Å². The van der Waals surface area contributed by atoms with Crippen molar-refractivity contribution in [2.45, 2.75) is 52.2 Å². The Morgan fingerprint density at radius 1 is 1.22 bits per heavy atom. The largest absolute Gasteiger partial charge is 0.483 e. The zero-order valence-corrected chi connectivity index (χ0v) is 18.1. The van der Waals surface area contributed by atoms with Crippen LogP contribution in [0.15, 0.2) is 24.5 Å². The van der Waals surface area contributed by atoms with Crippen LogP contribution in [0.3, 0.4) is 0 Å². The molecule has 32 heavy (non-hydrogen) atoms. The number of aryl methyl sites for hydroxylation is 1. The molecule has 1 amide bonds. The second-order valence-electron chi connectivity index (χ2n) is 8.10. The van der Waals surface area contributed by atoms with Gasteiger partial charge in [0.2, 0.25) is 5.82 Å². The van der Waals surface area contributed by atoms with Crippen LogP contribution in [0.2, 0.25) is 0 Å². The summed E-state index contributed by atoms with van der Waals surface area (Å²) in [5.74, 6) is 2.95. The molecule has 2 aliphatic rings. The SMILES string of the molecule is CC(C)[C@@H]1c2nc(-c3cccnc3)nn2CCN1C(=O)c1nnc2n1CCCC2.O=CO. The van der Waals surface area contributed by atoms with Crippen LogP contribution in [0, 0.1) is 5.92 Å². The molecule has 2 aliphatic heterocycles. The number of pyridine rings is 1. The summed E-state index contributed by atoms with van der Waals surface area (Å²) in [5.41, 5.74) is 0.876. The topological polar surface area (TPSA) is 132 Å². The number of fused-ring (bicyclic) bond motifs is 2. The zero-order chi connectivity index (χ0) is 22.7.